The summed E-state index contributed by atoms with van der Waals surface area (Å²) in [5, 5.41) is 3.50. The SMILES string of the molecule is CCCCCCCCCCCCC(CC)CNCCOC. The van der Waals surface area contributed by atoms with E-state index in [0.29, 0.717) is 0 Å². The summed E-state index contributed by atoms with van der Waals surface area (Å²) in [6, 6.07) is 0. The van der Waals surface area contributed by atoms with Gasteiger partial charge in [-0.15, -0.1) is 0 Å². The molecule has 0 bridgehead atoms. The second-order valence-electron chi connectivity index (χ2n) is 6.44. The van der Waals surface area contributed by atoms with Crippen molar-refractivity contribution in [2.75, 3.05) is 26.8 Å². The van der Waals surface area contributed by atoms with Gasteiger partial charge in [-0.2, -0.15) is 0 Å². The number of hydrogen-bond donors (Lipinski definition) is 1. The van der Waals surface area contributed by atoms with E-state index in [4.69, 9.17) is 4.74 Å². The molecule has 0 heterocycles. The lowest BCUT2D eigenvalue weighted by Crippen LogP contribution is -2.25. The highest BCUT2D eigenvalue weighted by Crippen LogP contribution is 2.15. The van der Waals surface area contributed by atoms with E-state index >= 15 is 0 Å². The molecule has 0 fully saturated rings. The van der Waals surface area contributed by atoms with Crippen LogP contribution in [0.5, 0.6) is 0 Å². The molecule has 2 heteroatoms. The third kappa shape index (κ3) is 16.1. The zero-order valence-electron chi connectivity index (χ0n) is 15.1. The van der Waals surface area contributed by atoms with E-state index in [2.05, 4.69) is 19.2 Å². The topological polar surface area (TPSA) is 21.3 Å². The Morgan fingerprint density at radius 3 is 1.90 bits per heavy atom. The molecule has 0 rings (SSSR count). The van der Waals surface area contributed by atoms with E-state index in [9.17, 15) is 0 Å². The average Bonchev–Trinajstić information content (AvgIpc) is 2.51. The van der Waals surface area contributed by atoms with Gasteiger partial charge in [-0.05, 0) is 18.9 Å². The molecule has 0 saturated carbocycles. The summed E-state index contributed by atoms with van der Waals surface area (Å²) in [7, 11) is 1.77. The highest BCUT2D eigenvalue weighted by atomic mass is 16.5. The smallest absolute Gasteiger partial charge is 0.0587 e. The van der Waals surface area contributed by atoms with Crippen LogP contribution in [0, 0.1) is 5.92 Å². The van der Waals surface area contributed by atoms with Crippen LogP contribution < -0.4 is 5.32 Å². The molecule has 1 N–H and O–H groups in total. The maximum Gasteiger partial charge on any atom is 0.0587 e. The van der Waals surface area contributed by atoms with Crippen molar-refractivity contribution in [3.63, 3.8) is 0 Å². The van der Waals surface area contributed by atoms with Gasteiger partial charge in [0.25, 0.3) is 0 Å². The van der Waals surface area contributed by atoms with Gasteiger partial charge in [-0.1, -0.05) is 84.5 Å². The molecule has 0 saturated heterocycles. The number of nitrogens with one attached hydrogen (secondary N) is 1. The molecule has 0 aromatic carbocycles. The van der Waals surface area contributed by atoms with Gasteiger partial charge in [0.05, 0.1) is 6.61 Å². The standard InChI is InChI=1S/C19H41NO/c1-4-6-7-8-9-10-11-12-13-14-15-19(5-2)18-20-16-17-21-3/h19-20H,4-18H2,1-3H3. The first-order valence-corrected chi connectivity index (χ1v) is 9.54. The summed E-state index contributed by atoms with van der Waals surface area (Å²) in [5.41, 5.74) is 0. The van der Waals surface area contributed by atoms with E-state index in [1.165, 1.54) is 77.0 Å². The van der Waals surface area contributed by atoms with Crippen LogP contribution in [0.4, 0.5) is 0 Å². The van der Waals surface area contributed by atoms with Gasteiger partial charge in [0.15, 0.2) is 0 Å². The number of rotatable bonds is 17. The Bertz CT molecular complexity index is 184. The summed E-state index contributed by atoms with van der Waals surface area (Å²) in [6.45, 7) is 7.59. The fraction of sp³-hybridized carbons (Fsp3) is 1.00. The molecule has 0 spiro atoms. The van der Waals surface area contributed by atoms with Gasteiger partial charge < -0.3 is 10.1 Å². The lowest BCUT2D eigenvalue weighted by atomic mass is 9.97. The maximum absolute atomic E-state index is 5.06. The normalized spacial score (nSPS) is 12.7. The van der Waals surface area contributed by atoms with Crippen molar-refractivity contribution < 1.29 is 4.74 Å². The van der Waals surface area contributed by atoms with Crippen LogP contribution in [0.15, 0.2) is 0 Å². The first kappa shape index (κ1) is 20.9. The van der Waals surface area contributed by atoms with Crippen molar-refractivity contribution >= 4 is 0 Å². The Labute approximate surface area is 134 Å². The molecule has 0 aromatic rings. The summed E-state index contributed by atoms with van der Waals surface area (Å²) >= 11 is 0. The Balaban J connectivity index is 3.23. The Hall–Kier alpha value is -0.0800. The highest BCUT2D eigenvalue weighted by molar-refractivity contribution is 4.61. The molecule has 0 aliphatic carbocycles. The molecule has 1 unspecified atom stereocenters. The van der Waals surface area contributed by atoms with Crippen LogP contribution >= 0.6 is 0 Å². The summed E-state index contributed by atoms with van der Waals surface area (Å²) < 4.78 is 5.06. The molecule has 0 amide bonds. The fourth-order valence-electron chi connectivity index (χ4n) is 2.85. The minimum Gasteiger partial charge on any atom is -0.383 e. The fourth-order valence-corrected chi connectivity index (χ4v) is 2.85. The van der Waals surface area contributed by atoms with E-state index in [0.717, 1.165) is 25.6 Å². The molecule has 0 aromatic heterocycles. The zero-order chi connectivity index (χ0) is 15.6. The lowest BCUT2D eigenvalue weighted by Gasteiger charge is -2.15. The summed E-state index contributed by atoms with van der Waals surface area (Å²) in [4.78, 5) is 0. The van der Waals surface area contributed by atoms with E-state index in [1.54, 1.807) is 7.11 Å². The Kier molecular flexibility index (Phi) is 17.9. The molecular formula is C19H41NO. The minimum absolute atomic E-state index is 0.828. The Morgan fingerprint density at radius 1 is 0.810 bits per heavy atom. The van der Waals surface area contributed by atoms with E-state index in [1.807, 2.05) is 0 Å². The zero-order valence-corrected chi connectivity index (χ0v) is 15.1. The molecule has 0 aliphatic heterocycles. The van der Waals surface area contributed by atoms with Crippen LogP contribution in [-0.4, -0.2) is 26.8 Å². The monoisotopic (exact) mass is 299 g/mol. The van der Waals surface area contributed by atoms with Crippen LogP contribution in [-0.2, 0) is 4.74 Å². The van der Waals surface area contributed by atoms with Crippen LogP contribution in [0.2, 0.25) is 0 Å². The van der Waals surface area contributed by atoms with Gasteiger partial charge in [0, 0.05) is 13.7 Å². The van der Waals surface area contributed by atoms with Crippen molar-refractivity contribution in [1.29, 1.82) is 0 Å². The van der Waals surface area contributed by atoms with Crippen LogP contribution in [0.3, 0.4) is 0 Å². The van der Waals surface area contributed by atoms with E-state index < -0.39 is 0 Å². The first-order valence-electron chi connectivity index (χ1n) is 9.54. The predicted octanol–water partition coefficient (Wildman–Crippen LogP) is 5.56. The van der Waals surface area contributed by atoms with Crippen LogP contribution in [0.1, 0.15) is 90.9 Å². The molecule has 0 radical (unpaired) electrons. The Morgan fingerprint density at radius 2 is 1.38 bits per heavy atom. The summed E-state index contributed by atoms with van der Waals surface area (Å²) in [6.07, 6.45) is 17.1. The molecule has 1 atom stereocenters. The number of methoxy groups -OCH3 is 1. The van der Waals surface area contributed by atoms with Crippen molar-refractivity contribution in [2.45, 2.75) is 90.9 Å². The second-order valence-corrected chi connectivity index (χ2v) is 6.44. The number of unbranched alkanes of at least 4 members (excludes halogenated alkanes) is 9. The lowest BCUT2D eigenvalue weighted by molar-refractivity contribution is 0.197. The van der Waals surface area contributed by atoms with Gasteiger partial charge in [-0.25, -0.2) is 0 Å². The average molecular weight is 300 g/mol. The van der Waals surface area contributed by atoms with Gasteiger partial charge in [0.1, 0.15) is 0 Å². The molecular weight excluding hydrogens is 258 g/mol. The maximum atomic E-state index is 5.06. The number of ether oxygens (including phenoxy) is 1. The third-order valence-electron chi connectivity index (χ3n) is 4.46. The molecule has 0 aliphatic rings. The van der Waals surface area contributed by atoms with Gasteiger partial charge >= 0.3 is 0 Å². The second kappa shape index (κ2) is 18.0. The van der Waals surface area contributed by atoms with Crippen LogP contribution in [0.25, 0.3) is 0 Å². The van der Waals surface area contributed by atoms with E-state index in [-0.39, 0.29) is 0 Å². The predicted molar refractivity (Wildman–Crippen MR) is 95.0 cm³/mol. The van der Waals surface area contributed by atoms with Crippen molar-refractivity contribution in [3.05, 3.63) is 0 Å². The molecule has 2 nitrogen and oxygen atoms in total. The van der Waals surface area contributed by atoms with Gasteiger partial charge in [0.2, 0.25) is 0 Å². The quantitative estimate of drug-likeness (QED) is 0.355. The van der Waals surface area contributed by atoms with Gasteiger partial charge in [-0.3, -0.25) is 0 Å². The number of hydrogen-bond acceptors (Lipinski definition) is 2. The first-order chi connectivity index (χ1) is 10.3. The van der Waals surface area contributed by atoms with Crippen molar-refractivity contribution in [1.82, 2.24) is 5.32 Å². The molecule has 21 heavy (non-hydrogen) atoms. The van der Waals surface area contributed by atoms with Crippen molar-refractivity contribution in [3.8, 4) is 0 Å². The largest absolute Gasteiger partial charge is 0.383 e. The molecule has 128 valence electrons. The highest BCUT2D eigenvalue weighted by Gasteiger charge is 2.05. The third-order valence-corrected chi connectivity index (χ3v) is 4.46. The summed E-state index contributed by atoms with van der Waals surface area (Å²) in [5.74, 6) is 0.857. The van der Waals surface area contributed by atoms with Crippen molar-refractivity contribution in [2.24, 2.45) is 5.92 Å². The minimum atomic E-state index is 0.828.